The molecule has 1 atom stereocenters. The smallest absolute Gasteiger partial charge is 0.326 e. The van der Waals surface area contributed by atoms with Crippen molar-refractivity contribution in [1.29, 1.82) is 0 Å². The van der Waals surface area contributed by atoms with E-state index in [0.717, 1.165) is 5.57 Å². The molecule has 0 heterocycles. The summed E-state index contributed by atoms with van der Waals surface area (Å²) in [4.78, 5) is 23.9. The van der Waals surface area contributed by atoms with Crippen LogP contribution in [0.2, 0.25) is 0 Å². The van der Waals surface area contributed by atoms with Crippen LogP contribution < -0.4 is 5.32 Å². The van der Waals surface area contributed by atoms with E-state index in [-0.39, 0.29) is 5.56 Å². The normalized spacial score (nSPS) is 11.9. The second kappa shape index (κ2) is 9.29. The number of rotatable bonds is 8. The lowest BCUT2D eigenvalue weighted by atomic mass is 10.1. The SMILES string of the molecule is CC(C)=CCSc1ccccc1C(=O)NC(CC(F)F)C(=O)O. The first-order valence-corrected chi connectivity index (χ1v) is 7.96. The molecule has 2 N–H and O–H groups in total. The minimum atomic E-state index is -2.81. The minimum Gasteiger partial charge on any atom is -0.480 e. The largest absolute Gasteiger partial charge is 0.480 e. The number of carbonyl (C=O) groups is 2. The first-order chi connectivity index (χ1) is 10.8. The highest BCUT2D eigenvalue weighted by molar-refractivity contribution is 7.99. The van der Waals surface area contributed by atoms with Crippen LogP contribution in [0, 0.1) is 0 Å². The van der Waals surface area contributed by atoms with Crippen LogP contribution >= 0.6 is 11.8 Å². The van der Waals surface area contributed by atoms with Gasteiger partial charge >= 0.3 is 5.97 Å². The first kappa shape index (κ1) is 19.2. The van der Waals surface area contributed by atoms with Crippen LogP contribution in [0.25, 0.3) is 0 Å². The van der Waals surface area contributed by atoms with Crippen LogP contribution in [-0.2, 0) is 4.79 Å². The number of amides is 1. The van der Waals surface area contributed by atoms with E-state index in [9.17, 15) is 18.4 Å². The molecule has 0 spiro atoms. The molecule has 0 aliphatic carbocycles. The zero-order valence-electron chi connectivity index (χ0n) is 12.9. The van der Waals surface area contributed by atoms with Gasteiger partial charge in [0.25, 0.3) is 5.91 Å². The fourth-order valence-corrected chi connectivity index (χ4v) is 2.80. The van der Waals surface area contributed by atoms with Crippen molar-refractivity contribution >= 4 is 23.6 Å². The van der Waals surface area contributed by atoms with E-state index in [2.05, 4.69) is 5.32 Å². The summed E-state index contributed by atoms with van der Waals surface area (Å²) in [7, 11) is 0. The second-order valence-electron chi connectivity index (χ2n) is 5.08. The number of carboxylic acids is 1. The molecule has 23 heavy (non-hydrogen) atoms. The maximum Gasteiger partial charge on any atom is 0.326 e. The number of benzene rings is 1. The molecule has 1 rings (SSSR count). The molecule has 0 radical (unpaired) electrons. The minimum absolute atomic E-state index is 0.278. The molecular weight excluding hydrogens is 324 g/mol. The molecule has 1 amide bonds. The number of carbonyl (C=O) groups excluding carboxylic acids is 1. The van der Waals surface area contributed by atoms with E-state index in [1.54, 1.807) is 24.3 Å². The van der Waals surface area contributed by atoms with Crippen LogP contribution in [0.15, 0.2) is 40.8 Å². The average Bonchev–Trinajstić information content (AvgIpc) is 2.46. The standard InChI is InChI=1S/C16H19F2NO3S/c1-10(2)7-8-23-13-6-4-3-5-11(13)15(20)19-12(16(21)22)9-14(17)18/h3-7,12,14H,8-9H2,1-2H3,(H,19,20)(H,21,22). The van der Waals surface area contributed by atoms with Gasteiger partial charge in [-0.3, -0.25) is 4.79 Å². The molecular formula is C16H19F2NO3S. The number of alkyl halides is 2. The third-order valence-corrected chi connectivity index (χ3v) is 3.88. The van der Waals surface area contributed by atoms with E-state index >= 15 is 0 Å². The van der Waals surface area contributed by atoms with Crippen LogP contribution in [0.5, 0.6) is 0 Å². The molecule has 1 unspecified atom stereocenters. The Bertz CT molecular complexity index is 586. The number of allylic oxidation sites excluding steroid dienone is 1. The van der Waals surface area contributed by atoms with Crippen molar-refractivity contribution in [3.05, 3.63) is 41.5 Å². The number of carboxylic acid groups (broad SMARTS) is 1. The lowest BCUT2D eigenvalue weighted by Crippen LogP contribution is -2.42. The molecule has 0 saturated heterocycles. The van der Waals surface area contributed by atoms with Crippen molar-refractivity contribution < 1.29 is 23.5 Å². The van der Waals surface area contributed by atoms with Gasteiger partial charge in [-0.15, -0.1) is 11.8 Å². The zero-order valence-corrected chi connectivity index (χ0v) is 13.7. The van der Waals surface area contributed by atoms with Gasteiger partial charge in [0.15, 0.2) is 0 Å². The van der Waals surface area contributed by atoms with E-state index in [4.69, 9.17) is 5.11 Å². The van der Waals surface area contributed by atoms with Gasteiger partial charge in [0.2, 0.25) is 6.43 Å². The number of thioether (sulfide) groups is 1. The highest BCUT2D eigenvalue weighted by atomic mass is 32.2. The number of hydrogen-bond donors (Lipinski definition) is 2. The molecule has 7 heteroatoms. The van der Waals surface area contributed by atoms with Crippen molar-refractivity contribution in [3.63, 3.8) is 0 Å². The van der Waals surface area contributed by atoms with Gasteiger partial charge in [-0.2, -0.15) is 0 Å². The quantitative estimate of drug-likeness (QED) is 0.559. The molecule has 0 aliphatic rings. The summed E-state index contributed by atoms with van der Waals surface area (Å²) in [5, 5.41) is 11.1. The molecule has 126 valence electrons. The lowest BCUT2D eigenvalue weighted by molar-refractivity contribution is -0.140. The monoisotopic (exact) mass is 343 g/mol. The summed E-state index contributed by atoms with van der Waals surface area (Å²) < 4.78 is 24.8. The van der Waals surface area contributed by atoms with Crippen molar-refractivity contribution in [2.45, 2.75) is 37.6 Å². The van der Waals surface area contributed by atoms with Crippen molar-refractivity contribution in [2.75, 3.05) is 5.75 Å². The Morgan fingerprint density at radius 1 is 1.30 bits per heavy atom. The summed E-state index contributed by atoms with van der Waals surface area (Å²) in [5.74, 6) is -1.49. The Labute approximate surface area is 138 Å². The molecule has 1 aromatic carbocycles. The van der Waals surface area contributed by atoms with Crippen LogP contribution in [-0.4, -0.2) is 35.2 Å². The molecule has 0 aliphatic heterocycles. The fraction of sp³-hybridized carbons (Fsp3) is 0.375. The van der Waals surface area contributed by atoms with E-state index < -0.39 is 30.8 Å². The summed E-state index contributed by atoms with van der Waals surface area (Å²) in [6.45, 7) is 3.92. The van der Waals surface area contributed by atoms with E-state index in [1.165, 1.54) is 11.8 Å². The average molecular weight is 343 g/mol. The predicted octanol–water partition coefficient (Wildman–Crippen LogP) is 3.58. The van der Waals surface area contributed by atoms with E-state index in [0.29, 0.717) is 10.6 Å². The zero-order chi connectivity index (χ0) is 17.4. The maximum atomic E-state index is 12.4. The van der Waals surface area contributed by atoms with Gasteiger partial charge in [-0.1, -0.05) is 23.8 Å². The number of nitrogens with one attached hydrogen (secondary N) is 1. The van der Waals surface area contributed by atoms with E-state index in [1.807, 2.05) is 19.9 Å². The van der Waals surface area contributed by atoms with Crippen molar-refractivity contribution in [3.8, 4) is 0 Å². The highest BCUT2D eigenvalue weighted by Gasteiger charge is 2.25. The second-order valence-corrected chi connectivity index (χ2v) is 6.14. The Morgan fingerprint density at radius 3 is 2.52 bits per heavy atom. The molecule has 0 aromatic heterocycles. The molecule has 0 fully saturated rings. The fourth-order valence-electron chi connectivity index (χ4n) is 1.71. The van der Waals surface area contributed by atoms with Gasteiger partial charge in [-0.05, 0) is 26.0 Å². The third kappa shape index (κ3) is 6.81. The molecule has 4 nitrogen and oxygen atoms in total. The number of hydrogen-bond acceptors (Lipinski definition) is 3. The predicted molar refractivity (Wildman–Crippen MR) is 86.1 cm³/mol. The third-order valence-electron chi connectivity index (χ3n) is 2.88. The summed E-state index contributed by atoms with van der Waals surface area (Å²) >= 11 is 1.42. The van der Waals surface area contributed by atoms with Crippen molar-refractivity contribution in [1.82, 2.24) is 5.32 Å². The highest BCUT2D eigenvalue weighted by Crippen LogP contribution is 2.23. The Morgan fingerprint density at radius 2 is 1.96 bits per heavy atom. The lowest BCUT2D eigenvalue weighted by Gasteiger charge is -2.15. The number of aliphatic carboxylic acids is 1. The molecule has 1 aromatic rings. The molecule has 0 bridgehead atoms. The van der Waals surface area contributed by atoms with Crippen LogP contribution in [0.3, 0.4) is 0 Å². The molecule has 0 saturated carbocycles. The summed E-state index contributed by atoms with van der Waals surface area (Å²) in [5.41, 5.74) is 1.42. The maximum absolute atomic E-state index is 12.4. The van der Waals surface area contributed by atoms with Crippen LogP contribution in [0.4, 0.5) is 8.78 Å². The first-order valence-electron chi connectivity index (χ1n) is 6.98. The van der Waals surface area contributed by atoms with Gasteiger partial charge in [0, 0.05) is 17.1 Å². The summed E-state index contributed by atoms with van der Waals surface area (Å²) in [6, 6.07) is 5.07. The Kier molecular flexibility index (Phi) is 7.74. The Hall–Kier alpha value is -1.89. The van der Waals surface area contributed by atoms with Crippen molar-refractivity contribution in [2.24, 2.45) is 0 Å². The van der Waals surface area contributed by atoms with Gasteiger partial charge < -0.3 is 10.4 Å². The Balaban J connectivity index is 2.86. The van der Waals surface area contributed by atoms with Gasteiger partial charge in [0.1, 0.15) is 6.04 Å². The van der Waals surface area contributed by atoms with Gasteiger partial charge in [0.05, 0.1) is 5.56 Å². The van der Waals surface area contributed by atoms with Crippen LogP contribution in [0.1, 0.15) is 30.6 Å². The summed E-state index contributed by atoms with van der Waals surface area (Å²) in [6.07, 6.45) is -1.73. The van der Waals surface area contributed by atoms with Gasteiger partial charge in [-0.25, -0.2) is 13.6 Å². The number of halogens is 2. The topological polar surface area (TPSA) is 66.4 Å².